The van der Waals surface area contributed by atoms with Crippen LogP contribution in [-0.4, -0.2) is 14.6 Å². The first-order chi connectivity index (χ1) is 9.12. The van der Waals surface area contributed by atoms with Crippen molar-refractivity contribution in [3.8, 4) is 0 Å². The lowest BCUT2D eigenvalue weighted by molar-refractivity contribution is 0.584. The topological polar surface area (TPSA) is 58.5 Å². The van der Waals surface area contributed by atoms with Crippen molar-refractivity contribution >= 4 is 27.6 Å². The van der Waals surface area contributed by atoms with E-state index in [2.05, 4.69) is 16.9 Å². The minimum absolute atomic E-state index is 0.201. The van der Waals surface area contributed by atoms with E-state index in [4.69, 9.17) is 0 Å². The van der Waals surface area contributed by atoms with Gasteiger partial charge < -0.3 is 0 Å². The second kappa shape index (κ2) is 5.99. The van der Waals surface area contributed by atoms with Gasteiger partial charge in [-0.05, 0) is 30.7 Å². The van der Waals surface area contributed by atoms with Gasteiger partial charge in [-0.1, -0.05) is 25.1 Å². The summed E-state index contributed by atoms with van der Waals surface area (Å²) in [5, 5.41) is 3.78. The van der Waals surface area contributed by atoms with Gasteiger partial charge in [-0.15, -0.1) is 11.3 Å². The largest absolute Gasteiger partial charge is 0.276 e. The van der Waals surface area contributed by atoms with Crippen molar-refractivity contribution in [2.24, 2.45) is 5.10 Å². The molecule has 0 saturated carbocycles. The van der Waals surface area contributed by atoms with E-state index < -0.39 is 10.0 Å². The van der Waals surface area contributed by atoms with Gasteiger partial charge in [0.1, 0.15) is 0 Å². The monoisotopic (exact) mass is 294 g/mol. The Morgan fingerprint density at radius 3 is 2.58 bits per heavy atom. The van der Waals surface area contributed by atoms with Crippen LogP contribution in [0, 0.1) is 0 Å². The van der Waals surface area contributed by atoms with Crippen LogP contribution in [0.25, 0.3) is 0 Å². The number of thiophene rings is 1. The lowest BCUT2D eigenvalue weighted by Crippen LogP contribution is -2.18. The summed E-state index contributed by atoms with van der Waals surface area (Å²) in [5.41, 5.74) is 0. The summed E-state index contributed by atoms with van der Waals surface area (Å²) < 4.78 is 23.7. The van der Waals surface area contributed by atoms with E-state index in [1.54, 1.807) is 29.5 Å². The van der Waals surface area contributed by atoms with E-state index in [0.29, 0.717) is 0 Å². The van der Waals surface area contributed by atoms with E-state index >= 15 is 0 Å². The fourth-order valence-corrected chi connectivity index (χ4v) is 3.10. The molecule has 1 aromatic carbocycles. The van der Waals surface area contributed by atoms with Crippen molar-refractivity contribution in [1.29, 1.82) is 0 Å². The molecule has 1 N–H and O–H groups in total. The Balaban J connectivity index is 2.06. The fraction of sp³-hybridized carbons (Fsp3) is 0.154. The van der Waals surface area contributed by atoms with Gasteiger partial charge in [0.2, 0.25) is 0 Å². The molecule has 0 aliphatic carbocycles. The summed E-state index contributed by atoms with van der Waals surface area (Å²) in [7, 11) is -3.57. The molecule has 100 valence electrons. The Morgan fingerprint density at radius 1 is 1.21 bits per heavy atom. The van der Waals surface area contributed by atoms with E-state index in [1.807, 2.05) is 12.1 Å². The zero-order valence-electron chi connectivity index (χ0n) is 10.4. The fourth-order valence-electron chi connectivity index (χ4n) is 1.47. The maximum absolute atomic E-state index is 11.9. The maximum Gasteiger partial charge on any atom is 0.276 e. The molecule has 0 saturated heterocycles. The zero-order valence-corrected chi connectivity index (χ0v) is 12.0. The predicted octanol–water partition coefficient (Wildman–Crippen LogP) is 2.62. The molecule has 0 amide bonds. The Kier molecular flexibility index (Phi) is 4.34. The maximum atomic E-state index is 11.9. The lowest BCUT2D eigenvalue weighted by atomic mass is 10.4. The summed E-state index contributed by atoms with van der Waals surface area (Å²) in [6.45, 7) is 2.07. The molecule has 0 aliphatic heterocycles. The van der Waals surface area contributed by atoms with Crippen LogP contribution in [0.2, 0.25) is 0 Å². The lowest BCUT2D eigenvalue weighted by Gasteiger charge is -2.01. The average Bonchev–Trinajstić information content (AvgIpc) is 2.87. The Labute approximate surface area is 116 Å². The summed E-state index contributed by atoms with van der Waals surface area (Å²) in [6.07, 6.45) is 2.48. The standard InChI is InChI=1S/C13H14N2O2S2/c1-2-11-8-9-12(18-11)10-14-15-19(16,17)13-6-4-3-5-7-13/h3-10,15H,2H2,1H3. The molecule has 6 heteroatoms. The predicted molar refractivity (Wildman–Crippen MR) is 78.1 cm³/mol. The van der Waals surface area contributed by atoms with Crippen molar-refractivity contribution < 1.29 is 8.42 Å². The van der Waals surface area contributed by atoms with Gasteiger partial charge in [0, 0.05) is 9.75 Å². The van der Waals surface area contributed by atoms with Crippen LogP contribution in [0.15, 0.2) is 52.5 Å². The van der Waals surface area contributed by atoms with Crippen molar-refractivity contribution in [3.63, 3.8) is 0 Å². The van der Waals surface area contributed by atoms with Crippen LogP contribution >= 0.6 is 11.3 Å². The number of sulfonamides is 1. The molecule has 2 rings (SSSR count). The highest BCUT2D eigenvalue weighted by Gasteiger charge is 2.10. The Morgan fingerprint density at radius 2 is 1.95 bits per heavy atom. The van der Waals surface area contributed by atoms with Crippen LogP contribution < -0.4 is 4.83 Å². The van der Waals surface area contributed by atoms with Gasteiger partial charge in [0.15, 0.2) is 0 Å². The first-order valence-corrected chi connectivity index (χ1v) is 8.10. The molecule has 0 spiro atoms. The quantitative estimate of drug-likeness (QED) is 0.680. The second-order valence-corrected chi connectivity index (χ2v) is 6.68. The average molecular weight is 294 g/mol. The normalized spacial score (nSPS) is 11.8. The van der Waals surface area contributed by atoms with E-state index in [9.17, 15) is 8.42 Å². The molecule has 0 bridgehead atoms. The Bertz CT molecular complexity index is 661. The van der Waals surface area contributed by atoms with E-state index in [0.717, 1.165) is 11.3 Å². The molecule has 19 heavy (non-hydrogen) atoms. The first-order valence-electron chi connectivity index (χ1n) is 5.80. The second-order valence-electron chi connectivity index (χ2n) is 3.82. The molecule has 0 unspecified atom stereocenters. The number of nitrogens with one attached hydrogen (secondary N) is 1. The number of rotatable bonds is 5. The van der Waals surface area contributed by atoms with Crippen LogP contribution in [0.1, 0.15) is 16.7 Å². The third kappa shape index (κ3) is 3.65. The van der Waals surface area contributed by atoms with Gasteiger partial charge in [0.25, 0.3) is 10.0 Å². The smallest absolute Gasteiger partial charge is 0.200 e. The number of nitrogens with zero attached hydrogens (tertiary/aromatic N) is 1. The molecule has 0 atom stereocenters. The number of hydrogen-bond donors (Lipinski definition) is 1. The molecule has 4 nitrogen and oxygen atoms in total. The van der Waals surface area contributed by atoms with Crippen molar-refractivity contribution in [1.82, 2.24) is 4.83 Å². The summed E-state index contributed by atoms with van der Waals surface area (Å²) >= 11 is 1.60. The molecule has 2 aromatic rings. The zero-order chi connectivity index (χ0) is 13.7. The molecule has 0 radical (unpaired) electrons. The van der Waals surface area contributed by atoms with Crippen LogP contribution in [0.3, 0.4) is 0 Å². The highest BCUT2D eigenvalue weighted by Crippen LogP contribution is 2.14. The highest BCUT2D eigenvalue weighted by atomic mass is 32.2. The Hall–Kier alpha value is -1.66. The molecule has 1 aromatic heterocycles. The first kappa shape index (κ1) is 13.8. The third-order valence-corrected chi connectivity index (χ3v) is 4.85. The van der Waals surface area contributed by atoms with Gasteiger partial charge in [-0.25, -0.2) is 4.83 Å². The van der Waals surface area contributed by atoms with Crippen molar-refractivity contribution in [2.75, 3.05) is 0 Å². The van der Waals surface area contributed by atoms with Crippen molar-refractivity contribution in [2.45, 2.75) is 18.2 Å². The number of benzene rings is 1. The molecule has 0 fully saturated rings. The number of hydrazone groups is 1. The van der Waals surface area contributed by atoms with Crippen LogP contribution in [-0.2, 0) is 16.4 Å². The minimum Gasteiger partial charge on any atom is -0.200 e. The molecule has 1 heterocycles. The SMILES string of the molecule is CCc1ccc(C=NNS(=O)(=O)c2ccccc2)s1. The van der Waals surface area contributed by atoms with E-state index in [1.165, 1.54) is 23.2 Å². The summed E-state index contributed by atoms with van der Waals surface area (Å²) in [4.78, 5) is 4.57. The number of aryl methyl sites for hydroxylation is 1. The van der Waals surface area contributed by atoms with Gasteiger partial charge in [0.05, 0.1) is 11.1 Å². The van der Waals surface area contributed by atoms with Gasteiger partial charge in [-0.2, -0.15) is 13.5 Å². The highest BCUT2D eigenvalue weighted by molar-refractivity contribution is 7.89. The molecular weight excluding hydrogens is 280 g/mol. The molecular formula is C13H14N2O2S2. The van der Waals surface area contributed by atoms with Crippen LogP contribution in [0.5, 0.6) is 0 Å². The minimum atomic E-state index is -3.57. The van der Waals surface area contributed by atoms with E-state index in [-0.39, 0.29) is 4.90 Å². The summed E-state index contributed by atoms with van der Waals surface area (Å²) in [6, 6.07) is 12.1. The summed E-state index contributed by atoms with van der Waals surface area (Å²) in [5.74, 6) is 0. The van der Waals surface area contributed by atoms with Gasteiger partial charge >= 0.3 is 0 Å². The third-order valence-electron chi connectivity index (χ3n) is 2.45. The van der Waals surface area contributed by atoms with Crippen LogP contribution in [0.4, 0.5) is 0 Å². The van der Waals surface area contributed by atoms with Crippen molar-refractivity contribution in [3.05, 3.63) is 52.2 Å². The van der Waals surface area contributed by atoms with Gasteiger partial charge in [-0.3, -0.25) is 0 Å². The molecule has 0 aliphatic rings. The number of hydrogen-bond acceptors (Lipinski definition) is 4.